The summed E-state index contributed by atoms with van der Waals surface area (Å²) in [7, 11) is -3.55. The van der Waals surface area contributed by atoms with Gasteiger partial charge in [-0.2, -0.15) is 0 Å². The van der Waals surface area contributed by atoms with E-state index in [9.17, 15) is 8.42 Å². The maximum absolute atomic E-state index is 12.0. The molecule has 0 aliphatic heterocycles. The number of hydrogen-bond donors (Lipinski definition) is 2. The van der Waals surface area contributed by atoms with Crippen LogP contribution in [0.3, 0.4) is 0 Å². The van der Waals surface area contributed by atoms with Crippen LogP contribution in [0.15, 0.2) is 11.2 Å². The zero-order valence-electron chi connectivity index (χ0n) is 10.2. The van der Waals surface area contributed by atoms with Crippen molar-refractivity contribution < 1.29 is 8.42 Å². The van der Waals surface area contributed by atoms with Crippen LogP contribution >= 0.6 is 11.6 Å². The minimum atomic E-state index is -3.55. The van der Waals surface area contributed by atoms with E-state index in [4.69, 9.17) is 11.6 Å². The smallest absolute Gasteiger partial charge is 0.257 e. The van der Waals surface area contributed by atoms with Gasteiger partial charge in [0.15, 0.2) is 5.03 Å². The molecular weight excluding hydrogens is 262 g/mol. The van der Waals surface area contributed by atoms with Crippen LogP contribution in [0, 0.1) is 12.8 Å². The van der Waals surface area contributed by atoms with E-state index in [1.54, 1.807) is 6.92 Å². The number of rotatable bonds is 6. The average Bonchev–Trinajstić information content (AvgIpc) is 2.63. The molecular formula is C10H18ClN3O2S. The van der Waals surface area contributed by atoms with Gasteiger partial charge in [0.25, 0.3) is 10.0 Å². The maximum atomic E-state index is 12.0. The maximum Gasteiger partial charge on any atom is 0.257 e. The highest BCUT2D eigenvalue weighted by Gasteiger charge is 2.21. The molecule has 1 rings (SSSR count). The molecule has 0 amide bonds. The van der Waals surface area contributed by atoms with Gasteiger partial charge in [0.2, 0.25) is 0 Å². The second-order valence-electron chi connectivity index (χ2n) is 4.43. The summed E-state index contributed by atoms with van der Waals surface area (Å²) >= 11 is 5.76. The van der Waals surface area contributed by atoms with Crippen molar-refractivity contribution in [3.63, 3.8) is 0 Å². The largest absolute Gasteiger partial charge is 0.332 e. The number of H-pyrrole nitrogens is 1. The van der Waals surface area contributed by atoms with Crippen molar-refractivity contribution in [3.8, 4) is 0 Å². The number of nitrogens with zero attached hydrogens (tertiary/aromatic N) is 1. The Labute approximate surface area is 107 Å². The number of alkyl halides is 1. The highest BCUT2D eigenvalue weighted by atomic mass is 35.5. The topological polar surface area (TPSA) is 74.8 Å². The van der Waals surface area contributed by atoms with Crippen molar-refractivity contribution in [1.82, 2.24) is 14.7 Å². The molecule has 0 saturated heterocycles. The molecule has 0 fully saturated rings. The van der Waals surface area contributed by atoms with E-state index >= 15 is 0 Å². The molecule has 1 aromatic rings. The van der Waals surface area contributed by atoms with Gasteiger partial charge in [-0.15, -0.1) is 11.6 Å². The van der Waals surface area contributed by atoms with E-state index in [2.05, 4.69) is 14.7 Å². The number of aromatic amines is 1. The molecule has 0 aliphatic rings. The van der Waals surface area contributed by atoms with Crippen LogP contribution in [0.2, 0.25) is 0 Å². The third kappa shape index (κ3) is 4.29. The SMILES string of the molecule is Cc1ncc(S(=O)(=O)NC(CCl)CC(C)C)[nH]1. The number of halogens is 1. The van der Waals surface area contributed by atoms with E-state index in [0.717, 1.165) is 0 Å². The summed E-state index contributed by atoms with van der Waals surface area (Å²) < 4.78 is 26.5. The second kappa shape index (κ2) is 5.84. The first kappa shape index (κ1) is 14.5. The number of aromatic nitrogens is 2. The Morgan fingerprint density at radius 3 is 2.59 bits per heavy atom. The molecule has 2 N–H and O–H groups in total. The van der Waals surface area contributed by atoms with Gasteiger partial charge < -0.3 is 4.98 Å². The van der Waals surface area contributed by atoms with Gasteiger partial charge in [-0.3, -0.25) is 0 Å². The van der Waals surface area contributed by atoms with Crippen LogP contribution < -0.4 is 4.72 Å². The molecule has 0 aromatic carbocycles. The number of nitrogens with one attached hydrogen (secondary N) is 2. The van der Waals surface area contributed by atoms with Gasteiger partial charge in [-0.25, -0.2) is 18.1 Å². The molecule has 0 aliphatic carbocycles. The molecule has 1 unspecified atom stereocenters. The van der Waals surface area contributed by atoms with Crippen molar-refractivity contribution in [2.45, 2.75) is 38.3 Å². The van der Waals surface area contributed by atoms with Crippen molar-refractivity contribution in [3.05, 3.63) is 12.0 Å². The first-order chi connectivity index (χ1) is 7.85. The fraction of sp³-hybridized carbons (Fsp3) is 0.700. The fourth-order valence-corrected chi connectivity index (χ4v) is 3.04. The molecule has 0 radical (unpaired) electrons. The molecule has 98 valence electrons. The summed E-state index contributed by atoms with van der Waals surface area (Å²) in [5, 5.41) is 0.0777. The Balaban J connectivity index is 2.78. The van der Waals surface area contributed by atoms with Crippen LogP contribution in [-0.4, -0.2) is 30.3 Å². The van der Waals surface area contributed by atoms with Crippen molar-refractivity contribution in [1.29, 1.82) is 0 Å². The van der Waals surface area contributed by atoms with Gasteiger partial charge >= 0.3 is 0 Å². The standard InChI is InChI=1S/C10H18ClN3O2S/c1-7(2)4-9(5-11)14-17(15,16)10-6-12-8(3)13-10/h6-7,9,14H,4-5H2,1-3H3,(H,12,13). The predicted octanol–water partition coefficient (Wildman–Crippen LogP) is 1.65. The Hall–Kier alpha value is -0.590. The minimum absolute atomic E-state index is 0.0777. The third-order valence-corrected chi connectivity index (χ3v) is 4.04. The zero-order valence-corrected chi connectivity index (χ0v) is 11.8. The number of imidazole rings is 1. The summed E-state index contributed by atoms with van der Waals surface area (Å²) in [4.78, 5) is 6.56. The summed E-state index contributed by atoms with van der Waals surface area (Å²) in [5.41, 5.74) is 0. The van der Waals surface area contributed by atoms with Crippen LogP contribution in [0.1, 0.15) is 26.1 Å². The van der Waals surface area contributed by atoms with Crippen LogP contribution in [-0.2, 0) is 10.0 Å². The highest BCUT2D eigenvalue weighted by molar-refractivity contribution is 7.89. The molecule has 5 nitrogen and oxygen atoms in total. The van der Waals surface area contributed by atoms with Gasteiger partial charge in [-0.1, -0.05) is 13.8 Å². The first-order valence-electron chi connectivity index (χ1n) is 5.45. The lowest BCUT2D eigenvalue weighted by Gasteiger charge is -2.17. The molecule has 1 aromatic heterocycles. The average molecular weight is 280 g/mol. The fourth-order valence-electron chi connectivity index (χ4n) is 1.53. The first-order valence-corrected chi connectivity index (χ1v) is 7.47. The molecule has 0 saturated carbocycles. The molecule has 7 heteroatoms. The Morgan fingerprint density at radius 1 is 1.53 bits per heavy atom. The highest BCUT2D eigenvalue weighted by Crippen LogP contribution is 2.11. The lowest BCUT2D eigenvalue weighted by molar-refractivity contribution is 0.484. The van der Waals surface area contributed by atoms with Crippen molar-refractivity contribution in [2.24, 2.45) is 5.92 Å². The summed E-state index contributed by atoms with van der Waals surface area (Å²) in [6, 6.07) is -0.259. The Kier molecular flexibility index (Phi) is 4.97. The molecule has 17 heavy (non-hydrogen) atoms. The molecule has 0 bridgehead atoms. The number of sulfonamides is 1. The van der Waals surface area contributed by atoms with Gasteiger partial charge in [0.1, 0.15) is 5.82 Å². The van der Waals surface area contributed by atoms with Crippen LogP contribution in [0.25, 0.3) is 0 Å². The molecule has 1 heterocycles. The van der Waals surface area contributed by atoms with E-state index in [-0.39, 0.29) is 16.9 Å². The van der Waals surface area contributed by atoms with E-state index in [1.807, 2.05) is 13.8 Å². The number of aryl methyl sites for hydroxylation is 1. The van der Waals surface area contributed by atoms with Crippen molar-refractivity contribution in [2.75, 3.05) is 5.88 Å². The lowest BCUT2D eigenvalue weighted by Crippen LogP contribution is -2.37. The predicted molar refractivity (Wildman–Crippen MR) is 67.6 cm³/mol. The summed E-state index contributed by atoms with van der Waals surface area (Å²) in [6.45, 7) is 5.74. The third-order valence-electron chi connectivity index (χ3n) is 2.23. The second-order valence-corrected chi connectivity index (χ2v) is 6.43. The minimum Gasteiger partial charge on any atom is -0.332 e. The number of hydrogen-bond acceptors (Lipinski definition) is 3. The molecule has 0 spiro atoms. The van der Waals surface area contributed by atoms with Crippen LogP contribution in [0.5, 0.6) is 0 Å². The lowest BCUT2D eigenvalue weighted by atomic mass is 10.1. The van der Waals surface area contributed by atoms with Crippen molar-refractivity contribution >= 4 is 21.6 Å². The monoisotopic (exact) mass is 279 g/mol. The Morgan fingerprint density at radius 2 is 2.18 bits per heavy atom. The van der Waals surface area contributed by atoms with Gasteiger partial charge in [-0.05, 0) is 19.3 Å². The van der Waals surface area contributed by atoms with E-state index < -0.39 is 10.0 Å². The summed E-state index contributed by atoms with van der Waals surface area (Å²) in [6.07, 6.45) is 2.01. The normalized spacial score (nSPS) is 14.2. The van der Waals surface area contributed by atoms with E-state index in [0.29, 0.717) is 18.2 Å². The Bertz CT molecular complexity index is 456. The summed E-state index contributed by atoms with van der Waals surface area (Å²) in [5.74, 6) is 1.20. The quantitative estimate of drug-likeness (QED) is 0.778. The van der Waals surface area contributed by atoms with Gasteiger partial charge in [0.05, 0.1) is 6.20 Å². The van der Waals surface area contributed by atoms with Gasteiger partial charge in [0, 0.05) is 11.9 Å². The molecule has 1 atom stereocenters. The zero-order chi connectivity index (χ0) is 13.1. The van der Waals surface area contributed by atoms with E-state index in [1.165, 1.54) is 6.20 Å². The van der Waals surface area contributed by atoms with Crippen LogP contribution in [0.4, 0.5) is 0 Å².